The molecule has 0 aromatic heterocycles. The predicted octanol–water partition coefficient (Wildman–Crippen LogP) is 4.59. The highest BCUT2D eigenvalue weighted by atomic mass is 28.4. The molecular weight excluding hydrogens is 212 g/mol. The maximum Gasteiger partial charge on any atom is 0.194 e. The van der Waals surface area contributed by atoms with Crippen LogP contribution in [0.1, 0.15) is 53.9 Å². The number of hydrogen-bond acceptors (Lipinski definition) is 1. The van der Waals surface area contributed by atoms with E-state index < -0.39 is 8.32 Å². The molecule has 0 aromatic carbocycles. The quantitative estimate of drug-likeness (QED) is 0.504. The van der Waals surface area contributed by atoms with Crippen molar-refractivity contribution in [2.24, 2.45) is 0 Å². The Bertz CT molecular complexity index is 257. The van der Waals surface area contributed by atoms with Gasteiger partial charge in [-0.2, -0.15) is 0 Å². The van der Waals surface area contributed by atoms with E-state index in [0.29, 0.717) is 0 Å². The Morgan fingerprint density at radius 1 is 1.19 bits per heavy atom. The predicted molar refractivity (Wildman–Crippen MR) is 75.0 cm³/mol. The second-order valence-corrected chi connectivity index (χ2v) is 11.1. The van der Waals surface area contributed by atoms with Gasteiger partial charge in [0.05, 0.1) is 0 Å². The van der Waals surface area contributed by atoms with E-state index in [1.165, 1.54) is 0 Å². The number of unbranched alkanes of at least 4 members (excludes halogenated alkanes) is 1. The van der Waals surface area contributed by atoms with Crippen molar-refractivity contribution < 1.29 is 4.43 Å². The summed E-state index contributed by atoms with van der Waals surface area (Å²) >= 11 is 0. The summed E-state index contributed by atoms with van der Waals surface area (Å²) in [5.74, 6) is 2.85. The summed E-state index contributed by atoms with van der Waals surface area (Å²) in [4.78, 5) is 0. The third-order valence-electron chi connectivity index (χ3n) is 3.60. The molecular formula is C14H28OSi. The molecule has 1 atom stereocenters. The zero-order valence-electron chi connectivity index (χ0n) is 12.1. The van der Waals surface area contributed by atoms with Gasteiger partial charge in [-0.05, 0) is 37.9 Å². The Balaban J connectivity index is 4.73. The van der Waals surface area contributed by atoms with Crippen molar-refractivity contribution in [3.05, 3.63) is 0 Å². The Hall–Kier alpha value is -0.263. The SMILES string of the molecule is C#CC(C)(CCCC)O[Si](C)(C)C(C)(C)C. The van der Waals surface area contributed by atoms with Gasteiger partial charge in [0.15, 0.2) is 8.32 Å². The third kappa shape index (κ3) is 4.31. The van der Waals surface area contributed by atoms with E-state index in [2.05, 4.69) is 53.6 Å². The van der Waals surface area contributed by atoms with E-state index in [4.69, 9.17) is 10.8 Å². The van der Waals surface area contributed by atoms with Gasteiger partial charge >= 0.3 is 0 Å². The molecule has 0 rings (SSSR count). The molecule has 0 aromatic rings. The van der Waals surface area contributed by atoms with Crippen LogP contribution in [0.15, 0.2) is 0 Å². The van der Waals surface area contributed by atoms with Gasteiger partial charge in [-0.1, -0.05) is 40.0 Å². The summed E-state index contributed by atoms with van der Waals surface area (Å²) in [6.45, 7) is 15.5. The van der Waals surface area contributed by atoms with Crippen molar-refractivity contribution in [1.29, 1.82) is 0 Å². The van der Waals surface area contributed by atoms with Crippen LogP contribution in [-0.4, -0.2) is 13.9 Å². The molecule has 0 spiro atoms. The van der Waals surface area contributed by atoms with E-state index >= 15 is 0 Å². The Kier molecular flexibility index (Phi) is 5.29. The van der Waals surface area contributed by atoms with E-state index in [0.717, 1.165) is 19.3 Å². The maximum absolute atomic E-state index is 6.34. The average molecular weight is 240 g/mol. The van der Waals surface area contributed by atoms with Gasteiger partial charge in [-0.3, -0.25) is 0 Å². The van der Waals surface area contributed by atoms with Crippen molar-refractivity contribution in [2.45, 2.75) is 77.6 Å². The van der Waals surface area contributed by atoms with Crippen molar-refractivity contribution in [3.63, 3.8) is 0 Å². The molecule has 0 saturated heterocycles. The first-order valence-corrected chi connectivity index (χ1v) is 9.17. The summed E-state index contributed by atoms with van der Waals surface area (Å²) in [5, 5.41) is 0.220. The molecule has 1 nitrogen and oxygen atoms in total. The lowest BCUT2D eigenvalue weighted by Crippen LogP contribution is -2.48. The van der Waals surface area contributed by atoms with Crippen LogP contribution in [0.25, 0.3) is 0 Å². The van der Waals surface area contributed by atoms with Crippen molar-refractivity contribution in [3.8, 4) is 12.3 Å². The summed E-state index contributed by atoms with van der Waals surface area (Å²) in [6.07, 6.45) is 8.91. The van der Waals surface area contributed by atoms with Gasteiger partial charge in [0.25, 0.3) is 0 Å². The molecule has 0 N–H and O–H groups in total. The Morgan fingerprint density at radius 3 is 2.00 bits per heavy atom. The highest BCUT2D eigenvalue weighted by molar-refractivity contribution is 6.74. The lowest BCUT2D eigenvalue weighted by Gasteiger charge is -2.42. The summed E-state index contributed by atoms with van der Waals surface area (Å²) < 4.78 is 6.34. The van der Waals surface area contributed by atoms with Crippen LogP contribution in [0.4, 0.5) is 0 Å². The fourth-order valence-corrected chi connectivity index (χ4v) is 2.98. The molecule has 2 heteroatoms. The second-order valence-electron chi connectivity index (χ2n) is 6.34. The normalized spacial score (nSPS) is 16.6. The van der Waals surface area contributed by atoms with Gasteiger partial charge in [-0.15, -0.1) is 6.42 Å². The maximum atomic E-state index is 6.34. The Labute approximate surface area is 103 Å². The van der Waals surface area contributed by atoms with E-state index in [9.17, 15) is 0 Å². The van der Waals surface area contributed by atoms with Gasteiger partial charge < -0.3 is 4.43 Å². The van der Waals surface area contributed by atoms with Gasteiger partial charge in [-0.25, -0.2) is 0 Å². The molecule has 0 aliphatic heterocycles. The Morgan fingerprint density at radius 2 is 1.69 bits per heavy atom. The molecule has 0 fully saturated rings. The molecule has 0 aliphatic rings. The van der Waals surface area contributed by atoms with Gasteiger partial charge in [0.1, 0.15) is 5.60 Å². The van der Waals surface area contributed by atoms with E-state index in [1.54, 1.807) is 0 Å². The fraction of sp³-hybridized carbons (Fsp3) is 0.857. The largest absolute Gasteiger partial charge is 0.401 e. The molecule has 0 heterocycles. The van der Waals surface area contributed by atoms with Gasteiger partial charge in [0.2, 0.25) is 0 Å². The van der Waals surface area contributed by atoms with Crippen LogP contribution in [0.3, 0.4) is 0 Å². The van der Waals surface area contributed by atoms with Crippen LogP contribution in [0.2, 0.25) is 18.1 Å². The highest BCUT2D eigenvalue weighted by Gasteiger charge is 2.42. The first-order chi connectivity index (χ1) is 7.08. The molecule has 16 heavy (non-hydrogen) atoms. The minimum Gasteiger partial charge on any atom is -0.401 e. The molecule has 0 radical (unpaired) electrons. The van der Waals surface area contributed by atoms with Crippen LogP contribution in [-0.2, 0) is 4.43 Å². The summed E-state index contributed by atoms with van der Waals surface area (Å²) in [5.41, 5.74) is -0.376. The lowest BCUT2D eigenvalue weighted by atomic mass is 10.0. The first kappa shape index (κ1) is 15.7. The topological polar surface area (TPSA) is 9.23 Å². The zero-order valence-corrected chi connectivity index (χ0v) is 13.1. The number of rotatable bonds is 5. The minimum absolute atomic E-state index is 0.220. The first-order valence-electron chi connectivity index (χ1n) is 6.26. The van der Waals surface area contributed by atoms with Crippen molar-refractivity contribution in [2.75, 3.05) is 0 Å². The minimum atomic E-state index is -1.75. The van der Waals surface area contributed by atoms with Crippen molar-refractivity contribution >= 4 is 8.32 Å². The highest BCUT2D eigenvalue weighted by Crippen LogP contribution is 2.39. The van der Waals surface area contributed by atoms with E-state index in [1.807, 2.05) is 0 Å². The summed E-state index contributed by atoms with van der Waals surface area (Å²) in [6, 6.07) is 0. The standard InChI is InChI=1S/C14H28OSi/c1-9-11-12-14(6,10-2)15-16(7,8)13(3,4)5/h2H,9,11-12H2,1,3-8H3. The van der Waals surface area contributed by atoms with Gasteiger partial charge in [0, 0.05) is 0 Å². The molecule has 0 bridgehead atoms. The second kappa shape index (κ2) is 5.38. The van der Waals surface area contributed by atoms with Crippen molar-refractivity contribution in [1.82, 2.24) is 0 Å². The molecule has 94 valence electrons. The molecule has 0 aliphatic carbocycles. The van der Waals surface area contributed by atoms with Crippen LogP contribution in [0, 0.1) is 12.3 Å². The smallest absolute Gasteiger partial charge is 0.194 e. The number of hydrogen-bond donors (Lipinski definition) is 0. The van der Waals surface area contributed by atoms with E-state index in [-0.39, 0.29) is 10.6 Å². The monoisotopic (exact) mass is 240 g/mol. The van der Waals surface area contributed by atoms with Crippen LogP contribution in [0.5, 0.6) is 0 Å². The third-order valence-corrected chi connectivity index (χ3v) is 8.17. The average Bonchev–Trinajstić information content (AvgIpc) is 2.12. The zero-order chi connectivity index (χ0) is 13.0. The van der Waals surface area contributed by atoms with Crippen LogP contribution < -0.4 is 0 Å². The fourth-order valence-electron chi connectivity index (χ4n) is 1.38. The molecule has 1 unspecified atom stereocenters. The molecule has 0 amide bonds. The van der Waals surface area contributed by atoms with Crippen LogP contribution >= 0.6 is 0 Å². The summed E-state index contributed by atoms with van der Waals surface area (Å²) in [7, 11) is -1.75. The number of terminal acetylenes is 1. The molecule has 0 saturated carbocycles. The lowest BCUT2D eigenvalue weighted by molar-refractivity contribution is 0.119.